The molecule has 2 aliphatic carbocycles. The largest absolute Gasteiger partial charge is 0.393 e. The fraction of sp³-hybridized carbons (Fsp3) is 1.00. The quantitative estimate of drug-likeness (QED) is 0.697. The molecule has 0 radical (unpaired) electrons. The van der Waals surface area contributed by atoms with Gasteiger partial charge in [-0.1, -0.05) is 39.0 Å². The molecule has 2 nitrogen and oxygen atoms in total. The molecule has 2 fully saturated rings. The molecule has 0 heterocycles. The Morgan fingerprint density at radius 1 is 1.00 bits per heavy atom. The second-order valence-corrected chi connectivity index (χ2v) is 6.65. The van der Waals surface area contributed by atoms with Gasteiger partial charge in [-0.05, 0) is 50.4 Å². The maximum Gasteiger partial charge on any atom is 0.0605 e. The van der Waals surface area contributed by atoms with E-state index < -0.39 is 0 Å². The van der Waals surface area contributed by atoms with E-state index in [-0.39, 0.29) is 6.10 Å². The Hall–Kier alpha value is -0.0800. The van der Waals surface area contributed by atoms with Crippen molar-refractivity contribution in [3.05, 3.63) is 0 Å². The summed E-state index contributed by atoms with van der Waals surface area (Å²) >= 11 is 0. The summed E-state index contributed by atoms with van der Waals surface area (Å²) in [7, 11) is 0. The van der Waals surface area contributed by atoms with Gasteiger partial charge in [0.05, 0.1) is 12.2 Å². The number of fused-ring (bicyclic) bond motifs is 1. The number of unbranched alkanes of at least 4 members (excludes halogenated alkanes) is 4. The van der Waals surface area contributed by atoms with Gasteiger partial charge in [-0.2, -0.15) is 0 Å². The van der Waals surface area contributed by atoms with Crippen LogP contribution in [0.4, 0.5) is 0 Å². The SMILES string of the molecule is CCCCCCCOC1CCCC2CC(O)CCC21. The molecule has 1 N–H and O–H groups in total. The molecule has 0 spiro atoms. The normalized spacial score (nSPS) is 35.1. The van der Waals surface area contributed by atoms with E-state index in [9.17, 15) is 5.11 Å². The van der Waals surface area contributed by atoms with Crippen LogP contribution < -0.4 is 0 Å². The van der Waals surface area contributed by atoms with Crippen LogP contribution in [0.5, 0.6) is 0 Å². The van der Waals surface area contributed by atoms with E-state index in [1.54, 1.807) is 0 Å². The molecule has 0 bridgehead atoms. The third kappa shape index (κ3) is 4.75. The molecular formula is C17H32O2. The molecule has 19 heavy (non-hydrogen) atoms. The van der Waals surface area contributed by atoms with Gasteiger partial charge in [-0.25, -0.2) is 0 Å². The first-order chi connectivity index (χ1) is 9.31. The van der Waals surface area contributed by atoms with Gasteiger partial charge >= 0.3 is 0 Å². The molecule has 112 valence electrons. The Morgan fingerprint density at radius 2 is 1.84 bits per heavy atom. The minimum atomic E-state index is -0.0333. The van der Waals surface area contributed by atoms with Crippen molar-refractivity contribution in [2.75, 3.05) is 6.61 Å². The van der Waals surface area contributed by atoms with E-state index >= 15 is 0 Å². The first-order valence-electron chi connectivity index (χ1n) is 8.61. The number of hydrogen-bond acceptors (Lipinski definition) is 2. The smallest absolute Gasteiger partial charge is 0.0605 e. The molecule has 0 aromatic carbocycles. The van der Waals surface area contributed by atoms with Gasteiger partial charge in [0.25, 0.3) is 0 Å². The topological polar surface area (TPSA) is 29.5 Å². The maximum absolute atomic E-state index is 9.79. The summed E-state index contributed by atoms with van der Waals surface area (Å²) in [5.41, 5.74) is 0. The van der Waals surface area contributed by atoms with Crippen LogP contribution in [0.3, 0.4) is 0 Å². The standard InChI is InChI=1S/C17H32O2/c1-2-3-4-5-6-12-19-17-9-7-8-14-13-15(18)10-11-16(14)17/h14-18H,2-13H2,1H3. The van der Waals surface area contributed by atoms with E-state index in [0.717, 1.165) is 31.3 Å². The lowest BCUT2D eigenvalue weighted by Crippen LogP contribution is -2.40. The van der Waals surface area contributed by atoms with Crippen molar-refractivity contribution < 1.29 is 9.84 Å². The highest BCUT2D eigenvalue weighted by molar-refractivity contribution is 4.88. The summed E-state index contributed by atoms with van der Waals surface area (Å²) in [6.07, 6.45) is 14.2. The monoisotopic (exact) mass is 268 g/mol. The average Bonchev–Trinajstić information content (AvgIpc) is 2.42. The van der Waals surface area contributed by atoms with Gasteiger partial charge < -0.3 is 9.84 Å². The zero-order valence-electron chi connectivity index (χ0n) is 12.7. The molecule has 2 heteroatoms. The molecular weight excluding hydrogens is 236 g/mol. The predicted molar refractivity (Wildman–Crippen MR) is 79.2 cm³/mol. The van der Waals surface area contributed by atoms with Crippen LogP contribution in [-0.4, -0.2) is 23.9 Å². The van der Waals surface area contributed by atoms with Crippen LogP contribution in [0.15, 0.2) is 0 Å². The van der Waals surface area contributed by atoms with Gasteiger partial charge in [0.1, 0.15) is 0 Å². The highest BCUT2D eigenvalue weighted by Gasteiger charge is 2.37. The van der Waals surface area contributed by atoms with Crippen molar-refractivity contribution in [1.82, 2.24) is 0 Å². The van der Waals surface area contributed by atoms with E-state index in [0.29, 0.717) is 6.10 Å². The van der Waals surface area contributed by atoms with Crippen LogP contribution in [-0.2, 0) is 4.74 Å². The first-order valence-corrected chi connectivity index (χ1v) is 8.61. The predicted octanol–water partition coefficient (Wildman–Crippen LogP) is 4.30. The van der Waals surface area contributed by atoms with Crippen molar-refractivity contribution in [1.29, 1.82) is 0 Å². The van der Waals surface area contributed by atoms with Gasteiger partial charge in [-0.15, -0.1) is 0 Å². The third-order valence-electron chi connectivity index (χ3n) is 5.13. The Balaban J connectivity index is 1.65. The highest BCUT2D eigenvalue weighted by atomic mass is 16.5. The van der Waals surface area contributed by atoms with E-state index in [1.807, 2.05) is 0 Å². The minimum Gasteiger partial charge on any atom is -0.393 e. The molecule has 0 aromatic rings. The summed E-state index contributed by atoms with van der Waals surface area (Å²) in [6.45, 7) is 3.22. The minimum absolute atomic E-state index is 0.0333. The number of rotatable bonds is 7. The zero-order chi connectivity index (χ0) is 13.5. The Labute approximate surface area is 118 Å². The molecule has 4 unspecified atom stereocenters. The second kappa shape index (κ2) is 8.26. The van der Waals surface area contributed by atoms with Crippen LogP contribution in [0.1, 0.15) is 77.6 Å². The van der Waals surface area contributed by atoms with E-state index in [1.165, 1.54) is 57.8 Å². The molecule has 0 aliphatic heterocycles. The lowest BCUT2D eigenvalue weighted by molar-refractivity contribution is -0.0665. The Bertz CT molecular complexity index is 241. The van der Waals surface area contributed by atoms with Crippen molar-refractivity contribution >= 4 is 0 Å². The summed E-state index contributed by atoms with van der Waals surface area (Å²) < 4.78 is 6.19. The van der Waals surface area contributed by atoms with E-state index in [2.05, 4.69) is 6.92 Å². The number of hydrogen-bond donors (Lipinski definition) is 1. The summed E-state index contributed by atoms with van der Waals surface area (Å²) in [5.74, 6) is 1.48. The lowest BCUT2D eigenvalue weighted by atomic mass is 9.68. The summed E-state index contributed by atoms with van der Waals surface area (Å²) in [5, 5.41) is 9.79. The van der Waals surface area contributed by atoms with Gasteiger partial charge in [-0.3, -0.25) is 0 Å². The van der Waals surface area contributed by atoms with Crippen molar-refractivity contribution in [2.45, 2.75) is 89.8 Å². The van der Waals surface area contributed by atoms with Gasteiger partial charge in [0.2, 0.25) is 0 Å². The highest BCUT2D eigenvalue weighted by Crippen LogP contribution is 2.41. The van der Waals surface area contributed by atoms with Crippen LogP contribution in [0.2, 0.25) is 0 Å². The van der Waals surface area contributed by atoms with Crippen LogP contribution in [0.25, 0.3) is 0 Å². The molecule has 0 amide bonds. The Kier molecular flexibility index (Phi) is 6.66. The second-order valence-electron chi connectivity index (χ2n) is 6.65. The molecule has 0 aromatic heterocycles. The number of aliphatic hydroxyl groups is 1. The van der Waals surface area contributed by atoms with E-state index in [4.69, 9.17) is 4.74 Å². The number of aliphatic hydroxyl groups excluding tert-OH is 1. The third-order valence-corrected chi connectivity index (χ3v) is 5.13. The fourth-order valence-corrected chi connectivity index (χ4v) is 4.03. The molecule has 2 saturated carbocycles. The van der Waals surface area contributed by atoms with Crippen molar-refractivity contribution in [3.63, 3.8) is 0 Å². The number of ether oxygens (including phenoxy) is 1. The van der Waals surface area contributed by atoms with Gasteiger partial charge in [0, 0.05) is 6.61 Å². The molecule has 2 rings (SSSR count). The fourth-order valence-electron chi connectivity index (χ4n) is 4.03. The summed E-state index contributed by atoms with van der Waals surface area (Å²) in [4.78, 5) is 0. The van der Waals surface area contributed by atoms with Crippen molar-refractivity contribution in [2.24, 2.45) is 11.8 Å². The van der Waals surface area contributed by atoms with Gasteiger partial charge in [0.15, 0.2) is 0 Å². The Morgan fingerprint density at radius 3 is 2.68 bits per heavy atom. The molecule has 4 atom stereocenters. The molecule has 2 aliphatic rings. The van der Waals surface area contributed by atoms with Crippen LogP contribution in [0, 0.1) is 11.8 Å². The molecule has 0 saturated heterocycles. The maximum atomic E-state index is 9.79. The zero-order valence-corrected chi connectivity index (χ0v) is 12.7. The average molecular weight is 268 g/mol. The first kappa shape index (κ1) is 15.3. The van der Waals surface area contributed by atoms with Crippen molar-refractivity contribution in [3.8, 4) is 0 Å². The van der Waals surface area contributed by atoms with Crippen LogP contribution >= 0.6 is 0 Å². The lowest BCUT2D eigenvalue weighted by Gasteiger charge is -2.42. The summed E-state index contributed by atoms with van der Waals surface area (Å²) in [6, 6.07) is 0.